The number of aryl methyl sites for hydroxylation is 1. The zero-order valence-corrected chi connectivity index (χ0v) is 7.38. The monoisotopic (exact) mass is 169 g/mol. The van der Waals surface area contributed by atoms with Crippen molar-refractivity contribution in [3.05, 3.63) is 41.6 Å². The number of hydrogen-bond donors (Lipinski definition) is 1. The Balaban J connectivity index is 2.42. The van der Waals surface area contributed by atoms with Crippen molar-refractivity contribution < 1.29 is 0 Å². The second-order valence-electron chi connectivity index (χ2n) is 3.50. The SMILES string of the molecule is C1=Cc2c([nH]c3ccccc23)CC1. The van der Waals surface area contributed by atoms with E-state index in [4.69, 9.17) is 0 Å². The highest BCUT2D eigenvalue weighted by molar-refractivity contribution is 5.90. The third-order valence-electron chi connectivity index (χ3n) is 2.67. The van der Waals surface area contributed by atoms with Crippen LogP contribution in [0.5, 0.6) is 0 Å². The van der Waals surface area contributed by atoms with E-state index in [9.17, 15) is 0 Å². The van der Waals surface area contributed by atoms with Crippen LogP contribution in [0.3, 0.4) is 0 Å². The number of rotatable bonds is 0. The Morgan fingerprint density at radius 1 is 1.15 bits per heavy atom. The van der Waals surface area contributed by atoms with Crippen molar-refractivity contribution in [2.75, 3.05) is 0 Å². The lowest BCUT2D eigenvalue weighted by Gasteiger charge is -2.03. The average Bonchev–Trinajstić information content (AvgIpc) is 2.56. The van der Waals surface area contributed by atoms with Gasteiger partial charge in [-0.2, -0.15) is 0 Å². The van der Waals surface area contributed by atoms with Crippen LogP contribution in [0, 0.1) is 0 Å². The summed E-state index contributed by atoms with van der Waals surface area (Å²) in [5.74, 6) is 0. The molecule has 0 saturated carbocycles. The molecule has 0 radical (unpaired) electrons. The van der Waals surface area contributed by atoms with Crippen LogP contribution in [-0.4, -0.2) is 4.98 Å². The van der Waals surface area contributed by atoms with Gasteiger partial charge in [-0.15, -0.1) is 0 Å². The van der Waals surface area contributed by atoms with E-state index in [1.54, 1.807) is 0 Å². The highest BCUT2D eigenvalue weighted by Gasteiger charge is 2.09. The summed E-state index contributed by atoms with van der Waals surface area (Å²) in [6.45, 7) is 0. The van der Waals surface area contributed by atoms with E-state index in [1.165, 1.54) is 28.6 Å². The van der Waals surface area contributed by atoms with E-state index < -0.39 is 0 Å². The summed E-state index contributed by atoms with van der Waals surface area (Å²) < 4.78 is 0. The van der Waals surface area contributed by atoms with Crippen LogP contribution in [0.1, 0.15) is 17.7 Å². The molecule has 0 fully saturated rings. The molecule has 0 amide bonds. The van der Waals surface area contributed by atoms with E-state index >= 15 is 0 Å². The summed E-state index contributed by atoms with van der Waals surface area (Å²) >= 11 is 0. The minimum absolute atomic E-state index is 1.15. The molecule has 1 heterocycles. The van der Waals surface area contributed by atoms with Crippen molar-refractivity contribution in [3.8, 4) is 0 Å². The summed E-state index contributed by atoms with van der Waals surface area (Å²) in [6, 6.07) is 8.49. The van der Waals surface area contributed by atoms with Gasteiger partial charge in [0.1, 0.15) is 0 Å². The van der Waals surface area contributed by atoms with Crippen LogP contribution in [0.4, 0.5) is 0 Å². The second kappa shape index (κ2) is 2.49. The standard InChI is InChI=1S/C12H11N/c1-3-7-11-9(5-1)10-6-2-4-8-12(10)13-11/h1-3,5-7,13H,4,8H2. The summed E-state index contributed by atoms with van der Waals surface area (Å²) in [7, 11) is 0. The molecule has 0 bridgehead atoms. The molecule has 2 aromatic rings. The Morgan fingerprint density at radius 3 is 3.08 bits per heavy atom. The van der Waals surface area contributed by atoms with Crippen LogP contribution in [0.25, 0.3) is 17.0 Å². The Kier molecular flexibility index (Phi) is 1.33. The van der Waals surface area contributed by atoms with E-state index in [0.717, 1.165) is 6.42 Å². The molecular weight excluding hydrogens is 158 g/mol. The molecule has 0 atom stereocenters. The van der Waals surface area contributed by atoms with Crippen LogP contribution in [0.2, 0.25) is 0 Å². The molecule has 1 aliphatic rings. The van der Waals surface area contributed by atoms with Crippen molar-refractivity contribution in [2.45, 2.75) is 12.8 Å². The lowest BCUT2D eigenvalue weighted by molar-refractivity contribution is 0.951. The van der Waals surface area contributed by atoms with E-state index in [-0.39, 0.29) is 0 Å². The Morgan fingerprint density at radius 2 is 2.08 bits per heavy atom. The molecule has 0 aliphatic heterocycles. The van der Waals surface area contributed by atoms with Gasteiger partial charge >= 0.3 is 0 Å². The molecule has 13 heavy (non-hydrogen) atoms. The van der Waals surface area contributed by atoms with Crippen molar-refractivity contribution in [2.24, 2.45) is 0 Å². The molecule has 0 saturated heterocycles. The zero-order valence-electron chi connectivity index (χ0n) is 7.38. The molecule has 0 unspecified atom stereocenters. The lowest BCUT2D eigenvalue weighted by Crippen LogP contribution is -1.90. The molecule has 64 valence electrons. The summed E-state index contributed by atoms with van der Waals surface area (Å²) in [4.78, 5) is 3.46. The summed E-state index contributed by atoms with van der Waals surface area (Å²) in [5.41, 5.74) is 4.05. The minimum Gasteiger partial charge on any atom is -0.358 e. The third-order valence-corrected chi connectivity index (χ3v) is 2.67. The van der Waals surface area contributed by atoms with Crippen LogP contribution < -0.4 is 0 Å². The predicted molar refractivity (Wildman–Crippen MR) is 55.7 cm³/mol. The molecule has 1 heteroatoms. The summed E-state index contributed by atoms with van der Waals surface area (Å²) in [5, 5.41) is 1.36. The zero-order chi connectivity index (χ0) is 8.67. The predicted octanol–water partition coefficient (Wildman–Crippen LogP) is 3.13. The normalized spacial score (nSPS) is 14.8. The molecule has 1 aromatic heterocycles. The molecule has 0 spiro atoms. The van der Waals surface area contributed by atoms with Gasteiger partial charge < -0.3 is 4.98 Å². The largest absolute Gasteiger partial charge is 0.358 e. The van der Waals surface area contributed by atoms with Gasteiger partial charge in [0.05, 0.1) is 0 Å². The molecular formula is C12H11N. The first-order chi connectivity index (χ1) is 6.45. The fourth-order valence-electron chi connectivity index (χ4n) is 2.04. The topological polar surface area (TPSA) is 15.8 Å². The van der Waals surface area contributed by atoms with Crippen molar-refractivity contribution >= 4 is 17.0 Å². The number of aromatic nitrogens is 1. The number of para-hydroxylation sites is 1. The first-order valence-corrected chi connectivity index (χ1v) is 4.71. The quantitative estimate of drug-likeness (QED) is 0.623. The molecule has 1 aliphatic carbocycles. The van der Waals surface area contributed by atoms with E-state index in [1.807, 2.05) is 0 Å². The molecule has 1 N–H and O–H groups in total. The molecule has 3 rings (SSSR count). The number of nitrogens with one attached hydrogen (secondary N) is 1. The van der Waals surface area contributed by atoms with Gasteiger partial charge in [0.2, 0.25) is 0 Å². The Labute approximate surface area is 77.1 Å². The maximum Gasteiger partial charge on any atom is 0.0462 e. The second-order valence-corrected chi connectivity index (χ2v) is 3.50. The van der Waals surface area contributed by atoms with E-state index in [2.05, 4.69) is 41.4 Å². The maximum atomic E-state index is 3.46. The fraction of sp³-hybridized carbons (Fsp3) is 0.167. The fourth-order valence-corrected chi connectivity index (χ4v) is 2.04. The lowest BCUT2D eigenvalue weighted by atomic mass is 10.0. The first kappa shape index (κ1) is 6.96. The highest BCUT2D eigenvalue weighted by atomic mass is 14.7. The van der Waals surface area contributed by atoms with Crippen molar-refractivity contribution in [1.29, 1.82) is 0 Å². The van der Waals surface area contributed by atoms with Crippen molar-refractivity contribution in [1.82, 2.24) is 4.98 Å². The maximum absolute atomic E-state index is 3.46. The first-order valence-electron chi connectivity index (χ1n) is 4.71. The van der Waals surface area contributed by atoms with Gasteiger partial charge in [-0.05, 0) is 18.9 Å². The Hall–Kier alpha value is -1.50. The van der Waals surface area contributed by atoms with Crippen LogP contribution >= 0.6 is 0 Å². The van der Waals surface area contributed by atoms with Crippen molar-refractivity contribution in [3.63, 3.8) is 0 Å². The third kappa shape index (κ3) is 0.934. The average molecular weight is 169 g/mol. The number of fused-ring (bicyclic) bond motifs is 3. The van der Waals surface area contributed by atoms with Gasteiger partial charge in [-0.3, -0.25) is 0 Å². The van der Waals surface area contributed by atoms with E-state index in [0.29, 0.717) is 0 Å². The smallest absolute Gasteiger partial charge is 0.0462 e. The minimum atomic E-state index is 1.15. The number of hydrogen-bond acceptors (Lipinski definition) is 0. The number of allylic oxidation sites excluding steroid dienone is 1. The van der Waals surface area contributed by atoms with Crippen LogP contribution in [-0.2, 0) is 6.42 Å². The highest BCUT2D eigenvalue weighted by Crippen LogP contribution is 2.27. The van der Waals surface area contributed by atoms with Gasteiger partial charge in [0, 0.05) is 22.2 Å². The number of aromatic amines is 1. The molecule has 1 nitrogen and oxygen atoms in total. The number of H-pyrrole nitrogens is 1. The van der Waals surface area contributed by atoms with Gasteiger partial charge in [0.25, 0.3) is 0 Å². The Bertz CT molecular complexity index is 477. The van der Waals surface area contributed by atoms with Gasteiger partial charge in [0.15, 0.2) is 0 Å². The van der Waals surface area contributed by atoms with Crippen LogP contribution in [0.15, 0.2) is 30.3 Å². The molecule has 1 aromatic carbocycles. The van der Waals surface area contributed by atoms with Gasteiger partial charge in [-0.25, -0.2) is 0 Å². The number of benzene rings is 1. The van der Waals surface area contributed by atoms with Gasteiger partial charge in [-0.1, -0.05) is 30.4 Å². The summed E-state index contributed by atoms with van der Waals surface area (Å²) in [6.07, 6.45) is 6.81.